The Hall–Kier alpha value is -0.610. The number of hydrogen-bond donors (Lipinski definition) is 1. The summed E-state index contributed by atoms with van der Waals surface area (Å²) >= 11 is 0. The molecule has 2 atom stereocenters. The van der Waals surface area contributed by atoms with Gasteiger partial charge in [-0.25, -0.2) is 0 Å². The Morgan fingerprint density at radius 1 is 1.56 bits per heavy atom. The summed E-state index contributed by atoms with van der Waals surface area (Å²) in [5, 5.41) is 0. The van der Waals surface area contributed by atoms with Crippen LogP contribution in [0.1, 0.15) is 39.0 Å². The summed E-state index contributed by atoms with van der Waals surface area (Å²) in [7, 11) is 1.73. The molecule has 0 aromatic rings. The lowest BCUT2D eigenvalue weighted by atomic mass is 9.98. The summed E-state index contributed by atoms with van der Waals surface area (Å²) in [6, 6.07) is 0.169. The number of hydrogen-bond acceptors (Lipinski definition) is 3. The van der Waals surface area contributed by atoms with Gasteiger partial charge in [-0.2, -0.15) is 0 Å². The molecule has 0 aliphatic carbocycles. The van der Waals surface area contributed by atoms with Crippen LogP contribution in [0.3, 0.4) is 0 Å². The van der Waals surface area contributed by atoms with E-state index in [0.717, 1.165) is 32.2 Å². The van der Waals surface area contributed by atoms with Crippen molar-refractivity contribution in [1.29, 1.82) is 0 Å². The summed E-state index contributed by atoms with van der Waals surface area (Å²) in [5.41, 5.74) is 5.73. The molecule has 4 heteroatoms. The van der Waals surface area contributed by atoms with Gasteiger partial charge in [-0.05, 0) is 19.3 Å². The van der Waals surface area contributed by atoms with Crippen molar-refractivity contribution in [2.75, 3.05) is 20.2 Å². The van der Waals surface area contributed by atoms with Crippen molar-refractivity contribution in [2.45, 2.75) is 51.2 Å². The first-order chi connectivity index (χ1) is 7.72. The predicted molar refractivity (Wildman–Crippen MR) is 64.1 cm³/mol. The van der Waals surface area contributed by atoms with Gasteiger partial charge in [0, 0.05) is 32.7 Å². The van der Waals surface area contributed by atoms with Gasteiger partial charge in [-0.3, -0.25) is 4.79 Å². The van der Waals surface area contributed by atoms with E-state index in [0.29, 0.717) is 13.0 Å². The number of amides is 1. The zero-order valence-corrected chi connectivity index (χ0v) is 10.4. The molecule has 1 fully saturated rings. The highest BCUT2D eigenvalue weighted by molar-refractivity contribution is 5.76. The third-order valence-corrected chi connectivity index (χ3v) is 3.34. The average molecular weight is 228 g/mol. The van der Waals surface area contributed by atoms with Gasteiger partial charge in [-0.1, -0.05) is 13.3 Å². The van der Waals surface area contributed by atoms with E-state index in [1.807, 2.05) is 4.90 Å². The third kappa shape index (κ3) is 3.46. The number of unbranched alkanes of at least 4 members (excludes halogenated alkanes) is 1. The molecule has 4 nitrogen and oxygen atoms in total. The van der Waals surface area contributed by atoms with Crippen molar-refractivity contribution in [2.24, 2.45) is 5.73 Å². The highest BCUT2D eigenvalue weighted by Gasteiger charge is 2.30. The molecule has 1 amide bonds. The fourth-order valence-corrected chi connectivity index (χ4v) is 2.25. The van der Waals surface area contributed by atoms with Crippen molar-refractivity contribution in [3.8, 4) is 0 Å². The maximum Gasteiger partial charge on any atom is 0.222 e. The van der Waals surface area contributed by atoms with Crippen LogP contribution in [-0.2, 0) is 9.53 Å². The van der Waals surface area contributed by atoms with Crippen molar-refractivity contribution >= 4 is 5.91 Å². The second-order valence-electron chi connectivity index (χ2n) is 4.46. The van der Waals surface area contributed by atoms with E-state index in [4.69, 9.17) is 10.5 Å². The lowest BCUT2D eigenvalue weighted by Gasteiger charge is -2.38. The molecule has 1 saturated heterocycles. The van der Waals surface area contributed by atoms with Crippen molar-refractivity contribution in [3.05, 3.63) is 0 Å². The SMILES string of the molecule is CCCCC(=O)N1CC[C@H](OC)C[C@@H]1CN. The molecular weight excluding hydrogens is 204 g/mol. The number of likely N-dealkylation sites (tertiary alicyclic amines) is 1. The summed E-state index contributed by atoms with van der Waals surface area (Å²) in [4.78, 5) is 13.9. The van der Waals surface area contributed by atoms with E-state index < -0.39 is 0 Å². The van der Waals surface area contributed by atoms with E-state index in [9.17, 15) is 4.79 Å². The molecule has 0 spiro atoms. The van der Waals surface area contributed by atoms with E-state index in [1.54, 1.807) is 7.11 Å². The Labute approximate surface area is 98.1 Å². The van der Waals surface area contributed by atoms with Crippen LogP contribution in [0.5, 0.6) is 0 Å². The fraction of sp³-hybridized carbons (Fsp3) is 0.917. The van der Waals surface area contributed by atoms with Gasteiger partial charge in [0.05, 0.1) is 6.10 Å². The smallest absolute Gasteiger partial charge is 0.222 e. The lowest BCUT2D eigenvalue weighted by Crippen LogP contribution is -2.51. The molecule has 2 N–H and O–H groups in total. The predicted octanol–water partition coefficient (Wildman–Crippen LogP) is 1.14. The zero-order valence-electron chi connectivity index (χ0n) is 10.4. The third-order valence-electron chi connectivity index (χ3n) is 3.34. The van der Waals surface area contributed by atoms with Crippen LogP contribution in [-0.4, -0.2) is 43.2 Å². The van der Waals surface area contributed by atoms with Crippen LogP contribution in [0.25, 0.3) is 0 Å². The molecule has 1 rings (SSSR count). The standard InChI is InChI=1S/C12H24N2O2/c1-3-4-5-12(15)14-7-6-11(16-2)8-10(14)9-13/h10-11H,3-9,13H2,1-2H3/t10-,11+/m1/s1. The second kappa shape index (κ2) is 6.86. The Balaban J connectivity index is 2.49. The number of carbonyl (C=O) groups is 1. The van der Waals surface area contributed by atoms with Crippen molar-refractivity contribution in [1.82, 2.24) is 4.90 Å². The molecule has 0 saturated carbocycles. The van der Waals surface area contributed by atoms with Crippen LogP contribution in [0.15, 0.2) is 0 Å². The number of ether oxygens (including phenoxy) is 1. The van der Waals surface area contributed by atoms with E-state index in [2.05, 4.69) is 6.92 Å². The first-order valence-electron chi connectivity index (χ1n) is 6.25. The fourth-order valence-electron chi connectivity index (χ4n) is 2.25. The van der Waals surface area contributed by atoms with Crippen molar-refractivity contribution < 1.29 is 9.53 Å². The summed E-state index contributed by atoms with van der Waals surface area (Å²) in [6.07, 6.45) is 4.78. The van der Waals surface area contributed by atoms with Gasteiger partial charge in [-0.15, -0.1) is 0 Å². The molecule has 0 aromatic carbocycles. The number of nitrogens with zero attached hydrogens (tertiary/aromatic N) is 1. The molecule has 1 aliphatic heterocycles. The van der Waals surface area contributed by atoms with E-state index in [-0.39, 0.29) is 18.1 Å². The number of piperidine rings is 1. The molecule has 0 radical (unpaired) electrons. The average Bonchev–Trinajstić information content (AvgIpc) is 2.34. The topological polar surface area (TPSA) is 55.6 Å². The molecule has 0 bridgehead atoms. The molecule has 0 unspecified atom stereocenters. The number of nitrogens with two attached hydrogens (primary N) is 1. The normalized spacial score (nSPS) is 25.8. The second-order valence-corrected chi connectivity index (χ2v) is 4.46. The molecular formula is C12H24N2O2. The monoisotopic (exact) mass is 228 g/mol. The Morgan fingerprint density at radius 3 is 2.88 bits per heavy atom. The van der Waals surface area contributed by atoms with Gasteiger partial charge in [0.15, 0.2) is 0 Å². The van der Waals surface area contributed by atoms with Crippen LogP contribution < -0.4 is 5.73 Å². The largest absolute Gasteiger partial charge is 0.381 e. The Morgan fingerprint density at radius 2 is 2.31 bits per heavy atom. The van der Waals surface area contributed by atoms with Gasteiger partial charge in [0.1, 0.15) is 0 Å². The molecule has 94 valence electrons. The van der Waals surface area contributed by atoms with E-state index >= 15 is 0 Å². The Kier molecular flexibility index (Phi) is 5.77. The quantitative estimate of drug-likeness (QED) is 0.767. The number of rotatable bonds is 5. The minimum Gasteiger partial charge on any atom is -0.381 e. The molecule has 1 heterocycles. The van der Waals surface area contributed by atoms with Gasteiger partial charge in [0.25, 0.3) is 0 Å². The Bertz CT molecular complexity index is 221. The van der Waals surface area contributed by atoms with Crippen molar-refractivity contribution in [3.63, 3.8) is 0 Å². The van der Waals surface area contributed by atoms with Crippen LogP contribution in [0.2, 0.25) is 0 Å². The maximum atomic E-state index is 12.0. The lowest BCUT2D eigenvalue weighted by molar-refractivity contribution is -0.136. The highest BCUT2D eigenvalue weighted by Crippen LogP contribution is 2.20. The summed E-state index contributed by atoms with van der Waals surface area (Å²) in [6.45, 7) is 3.44. The van der Waals surface area contributed by atoms with Gasteiger partial charge in [0.2, 0.25) is 5.91 Å². The van der Waals surface area contributed by atoms with Crippen LogP contribution >= 0.6 is 0 Å². The number of methoxy groups -OCH3 is 1. The van der Waals surface area contributed by atoms with Gasteiger partial charge >= 0.3 is 0 Å². The summed E-state index contributed by atoms with van der Waals surface area (Å²) in [5.74, 6) is 0.256. The highest BCUT2D eigenvalue weighted by atomic mass is 16.5. The molecule has 0 aromatic heterocycles. The van der Waals surface area contributed by atoms with Crippen LogP contribution in [0, 0.1) is 0 Å². The first-order valence-corrected chi connectivity index (χ1v) is 6.25. The summed E-state index contributed by atoms with van der Waals surface area (Å²) < 4.78 is 5.34. The number of carbonyl (C=O) groups excluding carboxylic acids is 1. The molecule has 16 heavy (non-hydrogen) atoms. The minimum absolute atomic E-state index is 0.169. The first kappa shape index (κ1) is 13.5. The molecule has 1 aliphatic rings. The zero-order chi connectivity index (χ0) is 12.0. The maximum absolute atomic E-state index is 12.0. The van der Waals surface area contributed by atoms with Crippen LogP contribution in [0.4, 0.5) is 0 Å². The van der Waals surface area contributed by atoms with E-state index in [1.165, 1.54) is 0 Å². The minimum atomic E-state index is 0.169. The van der Waals surface area contributed by atoms with Gasteiger partial charge < -0.3 is 15.4 Å².